The second-order valence-corrected chi connectivity index (χ2v) is 7.26. The van der Waals surface area contributed by atoms with Gasteiger partial charge in [-0.25, -0.2) is 12.7 Å². The highest BCUT2D eigenvalue weighted by atomic mass is 32.2. The zero-order chi connectivity index (χ0) is 18.0. The fourth-order valence-electron chi connectivity index (χ4n) is 2.27. The van der Waals surface area contributed by atoms with E-state index in [4.69, 9.17) is 4.74 Å². The zero-order valence-electron chi connectivity index (χ0n) is 14.9. The number of sulfonamides is 1. The maximum atomic E-state index is 11.5. The summed E-state index contributed by atoms with van der Waals surface area (Å²) < 4.78 is 29.8. The molecule has 0 spiro atoms. The molecule has 136 valence electrons. The Balaban J connectivity index is 2.41. The normalized spacial score (nSPS) is 12.3. The van der Waals surface area contributed by atoms with Crippen molar-refractivity contribution in [2.24, 2.45) is 4.99 Å². The molecule has 0 bridgehead atoms. The average molecular weight is 356 g/mol. The molecule has 0 amide bonds. The van der Waals surface area contributed by atoms with E-state index in [0.29, 0.717) is 38.6 Å². The number of hydrogen-bond donors (Lipinski definition) is 2. The van der Waals surface area contributed by atoms with Crippen LogP contribution in [0.15, 0.2) is 29.3 Å². The fraction of sp³-hybridized carbons (Fsp3) is 0.562. The topological polar surface area (TPSA) is 83.0 Å². The molecular formula is C16H28N4O3S. The van der Waals surface area contributed by atoms with E-state index in [1.54, 1.807) is 14.2 Å². The van der Waals surface area contributed by atoms with Crippen LogP contribution in [-0.2, 0) is 16.6 Å². The first kappa shape index (κ1) is 20.2. The molecule has 7 nitrogen and oxygen atoms in total. The number of para-hydroxylation sites is 1. The summed E-state index contributed by atoms with van der Waals surface area (Å²) in [6.07, 6.45) is 1.94. The minimum absolute atomic E-state index is 0.486. The maximum Gasteiger partial charge on any atom is 0.211 e. The smallest absolute Gasteiger partial charge is 0.211 e. The summed E-state index contributed by atoms with van der Waals surface area (Å²) in [5.41, 5.74) is 1.04. The number of rotatable bonds is 9. The third-order valence-corrected chi connectivity index (χ3v) is 4.94. The van der Waals surface area contributed by atoms with Crippen LogP contribution in [-0.4, -0.2) is 58.7 Å². The van der Waals surface area contributed by atoms with Gasteiger partial charge in [0, 0.05) is 38.8 Å². The van der Waals surface area contributed by atoms with Gasteiger partial charge < -0.3 is 15.4 Å². The molecule has 0 aliphatic heterocycles. The number of guanidine groups is 1. The Morgan fingerprint density at radius 2 is 2.00 bits per heavy atom. The number of ether oxygens (including phenoxy) is 1. The van der Waals surface area contributed by atoms with Crippen LogP contribution in [0.4, 0.5) is 0 Å². The molecule has 0 aliphatic rings. The van der Waals surface area contributed by atoms with E-state index < -0.39 is 10.0 Å². The summed E-state index contributed by atoms with van der Waals surface area (Å²) in [5.74, 6) is 1.50. The lowest BCUT2D eigenvalue weighted by Crippen LogP contribution is -2.39. The SMILES string of the molecule is CCN(CCCNC(=NC)NCc1ccccc1OC)S(C)(=O)=O. The van der Waals surface area contributed by atoms with Crippen molar-refractivity contribution >= 4 is 16.0 Å². The van der Waals surface area contributed by atoms with Gasteiger partial charge in [-0.3, -0.25) is 4.99 Å². The van der Waals surface area contributed by atoms with Gasteiger partial charge in [-0.15, -0.1) is 0 Å². The first-order valence-corrected chi connectivity index (χ1v) is 9.78. The van der Waals surface area contributed by atoms with Crippen molar-refractivity contribution in [3.8, 4) is 5.75 Å². The predicted molar refractivity (Wildman–Crippen MR) is 97.9 cm³/mol. The molecule has 0 radical (unpaired) electrons. The van der Waals surface area contributed by atoms with Gasteiger partial charge in [0.05, 0.1) is 13.4 Å². The molecule has 1 rings (SSSR count). The van der Waals surface area contributed by atoms with Crippen molar-refractivity contribution in [3.05, 3.63) is 29.8 Å². The monoisotopic (exact) mass is 356 g/mol. The van der Waals surface area contributed by atoms with E-state index in [9.17, 15) is 8.42 Å². The van der Waals surface area contributed by atoms with Crippen LogP contribution in [0.1, 0.15) is 18.9 Å². The Kier molecular flexibility index (Phi) is 8.56. The Labute approximate surface area is 145 Å². The van der Waals surface area contributed by atoms with Crippen LogP contribution in [0.5, 0.6) is 5.75 Å². The molecule has 0 atom stereocenters. The summed E-state index contributed by atoms with van der Waals surface area (Å²) >= 11 is 0. The van der Waals surface area contributed by atoms with Gasteiger partial charge in [0.2, 0.25) is 10.0 Å². The molecule has 2 N–H and O–H groups in total. The first-order valence-electron chi connectivity index (χ1n) is 7.93. The number of hydrogen-bond acceptors (Lipinski definition) is 4. The van der Waals surface area contributed by atoms with E-state index >= 15 is 0 Å². The van der Waals surface area contributed by atoms with E-state index in [2.05, 4.69) is 15.6 Å². The zero-order valence-corrected chi connectivity index (χ0v) is 15.7. The van der Waals surface area contributed by atoms with Crippen molar-refractivity contribution in [1.82, 2.24) is 14.9 Å². The van der Waals surface area contributed by atoms with E-state index in [1.165, 1.54) is 10.6 Å². The lowest BCUT2D eigenvalue weighted by Gasteiger charge is -2.18. The third-order valence-electron chi connectivity index (χ3n) is 3.56. The molecule has 1 aromatic carbocycles. The fourth-order valence-corrected chi connectivity index (χ4v) is 3.20. The highest BCUT2D eigenvalue weighted by Crippen LogP contribution is 2.16. The lowest BCUT2D eigenvalue weighted by atomic mass is 10.2. The van der Waals surface area contributed by atoms with Gasteiger partial charge in [0.15, 0.2) is 5.96 Å². The van der Waals surface area contributed by atoms with Crippen LogP contribution in [0.2, 0.25) is 0 Å². The molecule has 0 aliphatic carbocycles. The molecule has 0 saturated carbocycles. The average Bonchev–Trinajstić information content (AvgIpc) is 2.56. The van der Waals surface area contributed by atoms with E-state index in [0.717, 1.165) is 11.3 Å². The van der Waals surface area contributed by atoms with Gasteiger partial charge in [-0.2, -0.15) is 0 Å². The van der Waals surface area contributed by atoms with E-state index in [1.807, 2.05) is 31.2 Å². The van der Waals surface area contributed by atoms with Crippen molar-refractivity contribution in [3.63, 3.8) is 0 Å². The molecule has 0 fully saturated rings. The van der Waals surface area contributed by atoms with E-state index in [-0.39, 0.29) is 0 Å². The number of nitrogens with zero attached hydrogens (tertiary/aromatic N) is 2. The summed E-state index contributed by atoms with van der Waals surface area (Å²) in [4.78, 5) is 4.17. The minimum Gasteiger partial charge on any atom is -0.496 e. The number of methoxy groups -OCH3 is 1. The molecule has 8 heteroatoms. The first-order chi connectivity index (χ1) is 11.4. The molecule has 0 unspecified atom stereocenters. The summed E-state index contributed by atoms with van der Waals surface area (Å²) in [7, 11) is 0.217. The Morgan fingerprint density at radius 1 is 1.29 bits per heavy atom. The Morgan fingerprint density at radius 3 is 2.58 bits per heavy atom. The second kappa shape index (κ2) is 10.1. The maximum absolute atomic E-state index is 11.5. The Bertz CT molecular complexity index is 632. The molecule has 1 aromatic rings. The highest BCUT2D eigenvalue weighted by Gasteiger charge is 2.13. The van der Waals surface area contributed by atoms with Gasteiger partial charge in [0.25, 0.3) is 0 Å². The summed E-state index contributed by atoms with van der Waals surface area (Å²) in [5, 5.41) is 6.40. The molecular weight excluding hydrogens is 328 g/mol. The van der Waals surface area contributed by atoms with Gasteiger partial charge in [0.1, 0.15) is 5.75 Å². The number of benzene rings is 1. The van der Waals surface area contributed by atoms with Crippen LogP contribution < -0.4 is 15.4 Å². The van der Waals surface area contributed by atoms with Crippen LogP contribution in [0.25, 0.3) is 0 Å². The molecule has 0 aromatic heterocycles. The minimum atomic E-state index is -3.13. The van der Waals surface area contributed by atoms with Crippen molar-refractivity contribution in [1.29, 1.82) is 0 Å². The number of nitrogens with one attached hydrogen (secondary N) is 2. The quantitative estimate of drug-likeness (QED) is 0.392. The highest BCUT2D eigenvalue weighted by molar-refractivity contribution is 7.88. The second-order valence-electron chi connectivity index (χ2n) is 5.27. The van der Waals surface area contributed by atoms with Crippen LogP contribution in [0.3, 0.4) is 0 Å². The molecule has 0 heterocycles. The lowest BCUT2D eigenvalue weighted by molar-refractivity contribution is 0.409. The van der Waals surface area contributed by atoms with Crippen molar-refractivity contribution in [2.75, 3.05) is 40.0 Å². The number of aliphatic imine (C=N–C) groups is 1. The van der Waals surface area contributed by atoms with Gasteiger partial charge in [-0.05, 0) is 12.5 Å². The largest absolute Gasteiger partial charge is 0.496 e. The van der Waals surface area contributed by atoms with Crippen LogP contribution >= 0.6 is 0 Å². The third kappa shape index (κ3) is 6.76. The standard InChI is InChI=1S/C16H28N4O3S/c1-5-20(24(4,21)22)12-8-11-18-16(17-2)19-13-14-9-6-7-10-15(14)23-3/h6-7,9-10H,5,8,11-13H2,1-4H3,(H2,17,18,19). The predicted octanol–water partition coefficient (Wildman–Crippen LogP) is 1.03. The van der Waals surface area contributed by atoms with Crippen LogP contribution in [0, 0.1) is 0 Å². The summed E-state index contributed by atoms with van der Waals surface area (Å²) in [6.45, 7) is 4.04. The molecule has 0 saturated heterocycles. The van der Waals surface area contributed by atoms with Gasteiger partial charge in [-0.1, -0.05) is 25.1 Å². The van der Waals surface area contributed by atoms with Gasteiger partial charge >= 0.3 is 0 Å². The summed E-state index contributed by atoms with van der Waals surface area (Å²) in [6, 6.07) is 7.79. The van der Waals surface area contributed by atoms with Crippen molar-refractivity contribution in [2.45, 2.75) is 19.9 Å². The van der Waals surface area contributed by atoms with Crippen molar-refractivity contribution < 1.29 is 13.2 Å². The Hall–Kier alpha value is -1.80. The molecule has 24 heavy (non-hydrogen) atoms.